The maximum absolute atomic E-state index is 11.5. The minimum absolute atomic E-state index is 0.299. The summed E-state index contributed by atoms with van der Waals surface area (Å²) in [5, 5.41) is 0. The lowest BCUT2D eigenvalue weighted by atomic mass is 10.1. The van der Waals surface area contributed by atoms with Crippen LogP contribution < -0.4 is 4.74 Å². The number of fused-ring (bicyclic) bond motifs is 1. The van der Waals surface area contributed by atoms with Crippen LogP contribution in [0.5, 0.6) is 5.75 Å². The summed E-state index contributed by atoms with van der Waals surface area (Å²) in [4.78, 5) is 15.5. The van der Waals surface area contributed by atoms with Crippen LogP contribution in [-0.2, 0) is 4.74 Å². The van der Waals surface area contributed by atoms with Gasteiger partial charge in [-0.25, -0.2) is 4.79 Å². The lowest BCUT2D eigenvalue weighted by Crippen LogP contribution is -1.96. The lowest BCUT2D eigenvalue weighted by molar-refractivity contribution is 0.0606. The molecular formula is C16H15NO3S. The first-order valence-corrected chi connectivity index (χ1v) is 7.30. The molecule has 1 aromatic carbocycles. The number of benzene rings is 1. The number of aromatic amines is 1. The SMILES string of the molecule is COC(=O)c1cc2[nH]c(-c3ccc(OC)cc3C)cc2s1. The Labute approximate surface area is 126 Å². The van der Waals surface area contributed by atoms with Gasteiger partial charge in [0.25, 0.3) is 0 Å². The molecule has 4 nitrogen and oxygen atoms in total. The molecule has 0 saturated heterocycles. The number of aryl methyl sites for hydroxylation is 1. The van der Waals surface area contributed by atoms with Gasteiger partial charge in [-0.05, 0) is 42.8 Å². The molecular weight excluding hydrogens is 286 g/mol. The summed E-state index contributed by atoms with van der Waals surface area (Å²) < 4.78 is 11.0. The van der Waals surface area contributed by atoms with Crippen LogP contribution in [-0.4, -0.2) is 25.2 Å². The average molecular weight is 301 g/mol. The van der Waals surface area contributed by atoms with Crippen molar-refractivity contribution in [1.82, 2.24) is 4.98 Å². The van der Waals surface area contributed by atoms with E-state index in [9.17, 15) is 4.79 Å². The first-order chi connectivity index (χ1) is 10.1. The predicted octanol–water partition coefficient (Wildman–Crippen LogP) is 4.00. The number of carbonyl (C=O) groups is 1. The Morgan fingerprint density at radius 3 is 2.62 bits per heavy atom. The highest BCUT2D eigenvalue weighted by Crippen LogP contribution is 2.33. The fourth-order valence-corrected chi connectivity index (χ4v) is 3.31. The van der Waals surface area contributed by atoms with E-state index in [0.717, 1.165) is 32.8 Å². The number of nitrogens with one attached hydrogen (secondary N) is 1. The summed E-state index contributed by atoms with van der Waals surface area (Å²) in [5.41, 5.74) is 4.24. The highest BCUT2D eigenvalue weighted by atomic mass is 32.1. The van der Waals surface area contributed by atoms with Gasteiger partial charge in [-0.3, -0.25) is 0 Å². The Hall–Kier alpha value is -2.27. The first kappa shape index (κ1) is 13.7. The molecule has 0 radical (unpaired) electrons. The third-order valence-corrected chi connectivity index (χ3v) is 4.48. The van der Waals surface area contributed by atoms with Gasteiger partial charge < -0.3 is 14.5 Å². The summed E-state index contributed by atoms with van der Waals surface area (Å²) in [6, 6.07) is 9.86. The van der Waals surface area contributed by atoms with Crippen LogP contribution in [0.2, 0.25) is 0 Å². The second kappa shape index (κ2) is 5.26. The predicted molar refractivity (Wildman–Crippen MR) is 84.2 cm³/mol. The van der Waals surface area contributed by atoms with Crippen molar-refractivity contribution in [2.24, 2.45) is 0 Å². The van der Waals surface area contributed by atoms with E-state index in [4.69, 9.17) is 9.47 Å². The molecule has 3 aromatic rings. The third kappa shape index (κ3) is 2.40. The van der Waals surface area contributed by atoms with Crippen molar-refractivity contribution < 1.29 is 14.3 Å². The molecule has 0 unspecified atom stereocenters. The topological polar surface area (TPSA) is 51.3 Å². The smallest absolute Gasteiger partial charge is 0.348 e. The van der Waals surface area contributed by atoms with Gasteiger partial charge in [0.15, 0.2) is 0 Å². The van der Waals surface area contributed by atoms with E-state index in [1.165, 1.54) is 18.4 Å². The Morgan fingerprint density at radius 1 is 1.19 bits per heavy atom. The number of methoxy groups -OCH3 is 2. The molecule has 2 heterocycles. The number of aromatic nitrogens is 1. The van der Waals surface area contributed by atoms with Crippen molar-refractivity contribution >= 4 is 27.5 Å². The molecule has 0 aliphatic carbocycles. The van der Waals surface area contributed by atoms with Gasteiger partial charge in [0.05, 0.1) is 24.4 Å². The number of ether oxygens (including phenoxy) is 2. The van der Waals surface area contributed by atoms with E-state index in [-0.39, 0.29) is 5.97 Å². The number of hydrogen-bond acceptors (Lipinski definition) is 4. The van der Waals surface area contributed by atoms with Crippen molar-refractivity contribution in [3.8, 4) is 17.0 Å². The fourth-order valence-electron chi connectivity index (χ4n) is 2.33. The summed E-state index contributed by atoms with van der Waals surface area (Å²) in [6.45, 7) is 2.05. The zero-order valence-electron chi connectivity index (χ0n) is 12.0. The van der Waals surface area contributed by atoms with E-state index in [1.807, 2.05) is 31.2 Å². The second-order valence-electron chi connectivity index (χ2n) is 4.74. The van der Waals surface area contributed by atoms with Crippen LogP contribution in [0.15, 0.2) is 30.3 Å². The maximum atomic E-state index is 11.5. The average Bonchev–Trinajstić information content (AvgIpc) is 3.04. The molecule has 0 amide bonds. The Bertz CT molecular complexity index is 785. The summed E-state index contributed by atoms with van der Waals surface area (Å²) in [5.74, 6) is 0.546. The molecule has 5 heteroatoms. The van der Waals surface area contributed by atoms with Gasteiger partial charge in [-0.1, -0.05) is 0 Å². The largest absolute Gasteiger partial charge is 0.497 e. The number of rotatable bonds is 3. The minimum atomic E-state index is -0.299. The van der Waals surface area contributed by atoms with Crippen LogP contribution in [0.3, 0.4) is 0 Å². The van der Waals surface area contributed by atoms with Crippen LogP contribution in [0.25, 0.3) is 21.5 Å². The number of esters is 1. The molecule has 0 aliphatic heterocycles. The van der Waals surface area contributed by atoms with E-state index in [2.05, 4.69) is 11.1 Å². The monoisotopic (exact) mass is 301 g/mol. The third-order valence-electron chi connectivity index (χ3n) is 3.42. The van der Waals surface area contributed by atoms with Gasteiger partial charge in [-0.15, -0.1) is 11.3 Å². The molecule has 0 spiro atoms. The van der Waals surface area contributed by atoms with Crippen molar-refractivity contribution in [2.75, 3.05) is 14.2 Å². The summed E-state index contributed by atoms with van der Waals surface area (Å²) >= 11 is 1.43. The van der Waals surface area contributed by atoms with E-state index >= 15 is 0 Å². The zero-order valence-corrected chi connectivity index (χ0v) is 12.8. The van der Waals surface area contributed by atoms with Gasteiger partial charge in [0.1, 0.15) is 10.6 Å². The number of hydrogen-bond donors (Lipinski definition) is 1. The molecule has 0 atom stereocenters. The number of thiophene rings is 1. The maximum Gasteiger partial charge on any atom is 0.348 e. The second-order valence-corrected chi connectivity index (χ2v) is 5.83. The number of H-pyrrole nitrogens is 1. The highest BCUT2D eigenvalue weighted by Gasteiger charge is 2.14. The first-order valence-electron chi connectivity index (χ1n) is 6.48. The summed E-state index contributed by atoms with van der Waals surface area (Å²) in [6.07, 6.45) is 0. The van der Waals surface area contributed by atoms with Crippen LogP contribution in [0, 0.1) is 6.92 Å². The van der Waals surface area contributed by atoms with E-state index in [0.29, 0.717) is 4.88 Å². The minimum Gasteiger partial charge on any atom is -0.497 e. The molecule has 108 valence electrons. The van der Waals surface area contributed by atoms with Gasteiger partial charge >= 0.3 is 5.97 Å². The van der Waals surface area contributed by atoms with Gasteiger partial charge in [0, 0.05) is 11.3 Å². The van der Waals surface area contributed by atoms with Gasteiger partial charge in [-0.2, -0.15) is 0 Å². The Kier molecular flexibility index (Phi) is 3.43. The number of carbonyl (C=O) groups excluding carboxylic acids is 1. The standard InChI is InChI=1S/C16H15NO3S/c1-9-6-10(19-2)4-5-11(9)12-7-14-13(17-12)8-15(21-14)16(18)20-3/h4-8,17H,1-3H3. The Balaban J connectivity index is 2.02. The van der Waals surface area contributed by atoms with E-state index < -0.39 is 0 Å². The zero-order chi connectivity index (χ0) is 15.0. The van der Waals surface area contributed by atoms with Crippen molar-refractivity contribution in [3.63, 3.8) is 0 Å². The van der Waals surface area contributed by atoms with E-state index in [1.54, 1.807) is 7.11 Å². The highest BCUT2D eigenvalue weighted by molar-refractivity contribution is 7.20. The normalized spacial score (nSPS) is 10.8. The van der Waals surface area contributed by atoms with Crippen molar-refractivity contribution in [2.45, 2.75) is 6.92 Å². The van der Waals surface area contributed by atoms with Gasteiger partial charge in [0.2, 0.25) is 0 Å². The summed E-state index contributed by atoms with van der Waals surface area (Å²) in [7, 11) is 3.05. The van der Waals surface area contributed by atoms with Crippen molar-refractivity contribution in [1.29, 1.82) is 0 Å². The quantitative estimate of drug-likeness (QED) is 0.744. The molecule has 1 N–H and O–H groups in total. The molecule has 3 rings (SSSR count). The molecule has 0 fully saturated rings. The molecule has 21 heavy (non-hydrogen) atoms. The Morgan fingerprint density at radius 2 is 2.00 bits per heavy atom. The molecule has 0 saturated carbocycles. The van der Waals surface area contributed by atoms with Crippen LogP contribution in [0.4, 0.5) is 0 Å². The van der Waals surface area contributed by atoms with Crippen LogP contribution >= 0.6 is 11.3 Å². The molecule has 2 aromatic heterocycles. The lowest BCUT2D eigenvalue weighted by Gasteiger charge is -2.06. The molecule has 0 bridgehead atoms. The molecule has 0 aliphatic rings. The van der Waals surface area contributed by atoms with Crippen LogP contribution in [0.1, 0.15) is 15.2 Å². The fraction of sp³-hybridized carbons (Fsp3) is 0.188. The van der Waals surface area contributed by atoms with Crippen molar-refractivity contribution in [3.05, 3.63) is 40.8 Å².